The van der Waals surface area contributed by atoms with Gasteiger partial charge < -0.3 is 9.84 Å². The summed E-state index contributed by atoms with van der Waals surface area (Å²) in [6.45, 7) is 2.13. The number of ketones is 1. The van der Waals surface area contributed by atoms with E-state index in [0.717, 1.165) is 31.4 Å². The van der Waals surface area contributed by atoms with Crippen molar-refractivity contribution in [1.82, 2.24) is 0 Å². The number of rotatable bonds is 1. The maximum absolute atomic E-state index is 12.1. The molecule has 0 heterocycles. The van der Waals surface area contributed by atoms with Crippen LogP contribution in [0.1, 0.15) is 49.7 Å². The van der Waals surface area contributed by atoms with E-state index in [2.05, 4.69) is 25.1 Å². The van der Waals surface area contributed by atoms with E-state index < -0.39 is 6.10 Å². The van der Waals surface area contributed by atoms with Gasteiger partial charge in [0.2, 0.25) is 0 Å². The van der Waals surface area contributed by atoms with Gasteiger partial charge in [-0.1, -0.05) is 13.0 Å². The highest BCUT2D eigenvalue weighted by Gasteiger charge is 2.57. The second kappa shape index (κ2) is 4.82. The molecule has 4 rings (SSSR count). The number of aryl methyl sites for hydroxylation is 1. The fourth-order valence-corrected chi connectivity index (χ4v) is 5.45. The van der Waals surface area contributed by atoms with Gasteiger partial charge in [0.05, 0.1) is 7.11 Å². The van der Waals surface area contributed by atoms with Crippen LogP contribution in [0.25, 0.3) is 0 Å². The molecule has 1 N–H and O–H groups in total. The first-order valence-corrected chi connectivity index (χ1v) is 8.42. The van der Waals surface area contributed by atoms with E-state index >= 15 is 0 Å². The van der Waals surface area contributed by atoms with Crippen LogP contribution in [0, 0.1) is 17.3 Å². The Morgan fingerprint density at radius 2 is 2.14 bits per heavy atom. The lowest BCUT2D eigenvalue weighted by Gasteiger charge is -2.49. The first kappa shape index (κ1) is 14.3. The van der Waals surface area contributed by atoms with Gasteiger partial charge in [0.25, 0.3) is 0 Å². The molecule has 118 valence electrons. The number of aliphatic hydroxyl groups excluding tert-OH is 1. The number of hydrogen-bond donors (Lipinski definition) is 1. The van der Waals surface area contributed by atoms with Gasteiger partial charge >= 0.3 is 0 Å². The molecule has 3 aliphatic carbocycles. The van der Waals surface area contributed by atoms with Gasteiger partial charge in [0.15, 0.2) is 5.78 Å². The van der Waals surface area contributed by atoms with E-state index in [9.17, 15) is 9.90 Å². The third-order valence-corrected chi connectivity index (χ3v) is 6.72. The average Bonchev–Trinajstić information content (AvgIpc) is 2.77. The Hall–Kier alpha value is -1.35. The summed E-state index contributed by atoms with van der Waals surface area (Å²) < 4.78 is 5.35. The van der Waals surface area contributed by atoms with E-state index in [4.69, 9.17) is 4.74 Å². The van der Waals surface area contributed by atoms with E-state index in [1.54, 1.807) is 7.11 Å². The minimum Gasteiger partial charge on any atom is -0.497 e. The third-order valence-electron chi connectivity index (χ3n) is 6.72. The lowest BCUT2D eigenvalue weighted by molar-refractivity contribution is -0.128. The SMILES string of the molecule is COc1ccc2c(c1)CC[C@@H]1[C@@H]2CC[C@]2(C)[C@H](O)C(=O)C[C@@H]12. The van der Waals surface area contributed by atoms with Crippen molar-refractivity contribution in [2.75, 3.05) is 7.11 Å². The van der Waals surface area contributed by atoms with Crippen LogP contribution in [0.3, 0.4) is 0 Å². The number of fused-ring (bicyclic) bond motifs is 5. The van der Waals surface area contributed by atoms with Gasteiger partial charge in [-0.05, 0) is 66.7 Å². The van der Waals surface area contributed by atoms with Crippen molar-refractivity contribution < 1.29 is 14.6 Å². The van der Waals surface area contributed by atoms with Crippen LogP contribution in [-0.2, 0) is 11.2 Å². The average molecular weight is 300 g/mol. The van der Waals surface area contributed by atoms with Gasteiger partial charge in [-0.15, -0.1) is 0 Å². The molecule has 0 bridgehead atoms. The number of aliphatic hydroxyl groups is 1. The van der Waals surface area contributed by atoms with Crippen molar-refractivity contribution in [3.8, 4) is 5.75 Å². The van der Waals surface area contributed by atoms with Gasteiger partial charge in [-0.25, -0.2) is 0 Å². The first-order valence-electron chi connectivity index (χ1n) is 8.42. The molecular weight excluding hydrogens is 276 g/mol. The molecule has 0 amide bonds. The molecule has 1 aromatic rings. The third kappa shape index (κ3) is 1.81. The van der Waals surface area contributed by atoms with Crippen molar-refractivity contribution in [2.24, 2.45) is 17.3 Å². The van der Waals surface area contributed by atoms with Crippen molar-refractivity contribution in [2.45, 2.75) is 51.0 Å². The zero-order valence-electron chi connectivity index (χ0n) is 13.3. The number of methoxy groups -OCH3 is 1. The van der Waals surface area contributed by atoms with Crippen LogP contribution in [0.4, 0.5) is 0 Å². The second-order valence-corrected chi connectivity index (χ2v) is 7.60. The van der Waals surface area contributed by atoms with E-state index in [0.29, 0.717) is 24.2 Å². The Labute approximate surface area is 131 Å². The number of Topliss-reactive ketones (excluding diaryl/α,β-unsaturated/α-hetero) is 1. The molecule has 2 saturated carbocycles. The largest absolute Gasteiger partial charge is 0.497 e. The highest BCUT2D eigenvalue weighted by atomic mass is 16.5. The molecule has 3 heteroatoms. The molecule has 0 radical (unpaired) electrons. The monoisotopic (exact) mass is 300 g/mol. The standard InChI is InChI=1S/C19H24O3/c1-19-8-7-14-13-6-4-12(22-2)9-11(13)3-5-15(14)16(19)10-17(20)18(19)21/h4,6,9,14-16,18,21H,3,5,7-8,10H2,1-2H3/t14-,15-,16+,18-,19+/m1/s1. The topological polar surface area (TPSA) is 46.5 Å². The van der Waals surface area contributed by atoms with Gasteiger partial charge in [0.1, 0.15) is 11.9 Å². The van der Waals surface area contributed by atoms with Crippen molar-refractivity contribution >= 4 is 5.78 Å². The molecule has 0 unspecified atom stereocenters. The number of carbonyl (C=O) groups excluding carboxylic acids is 1. The van der Waals surface area contributed by atoms with Gasteiger partial charge in [-0.2, -0.15) is 0 Å². The highest BCUT2D eigenvalue weighted by Crippen LogP contribution is 2.60. The predicted octanol–water partition coefficient (Wildman–Crippen LogP) is 3.09. The van der Waals surface area contributed by atoms with Gasteiger partial charge in [0, 0.05) is 11.8 Å². The Bertz CT molecular complexity index is 623. The molecule has 0 saturated heterocycles. The summed E-state index contributed by atoms with van der Waals surface area (Å²) in [6, 6.07) is 6.46. The first-order chi connectivity index (χ1) is 10.5. The maximum atomic E-state index is 12.1. The Kier molecular flexibility index (Phi) is 3.12. The normalized spacial score (nSPS) is 39.9. The molecular formula is C19H24O3. The Balaban J connectivity index is 1.70. The van der Waals surface area contributed by atoms with Crippen LogP contribution in [0.15, 0.2) is 18.2 Å². The van der Waals surface area contributed by atoms with E-state index in [1.807, 2.05) is 0 Å². The van der Waals surface area contributed by atoms with Crippen LogP contribution < -0.4 is 4.74 Å². The number of carbonyl (C=O) groups is 1. The summed E-state index contributed by atoms with van der Waals surface area (Å²) in [5.41, 5.74) is 2.67. The van der Waals surface area contributed by atoms with Crippen molar-refractivity contribution in [3.63, 3.8) is 0 Å². The fourth-order valence-electron chi connectivity index (χ4n) is 5.45. The Morgan fingerprint density at radius 3 is 2.91 bits per heavy atom. The summed E-state index contributed by atoms with van der Waals surface area (Å²) in [7, 11) is 1.71. The summed E-state index contributed by atoms with van der Waals surface area (Å²) in [4.78, 5) is 12.1. The summed E-state index contributed by atoms with van der Waals surface area (Å²) >= 11 is 0. The molecule has 22 heavy (non-hydrogen) atoms. The van der Waals surface area contributed by atoms with Crippen LogP contribution >= 0.6 is 0 Å². The lowest BCUT2D eigenvalue weighted by Crippen LogP contribution is -2.44. The van der Waals surface area contributed by atoms with Crippen molar-refractivity contribution in [3.05, 3.63) is 29.3 Å². The van der Waals surface area contributed by atoms with Crippen LogP contribution in [-0.4, -0.2) is 24.1 Å². The smallest absolute Gasteiger partial charge is 0.162 e. The van der Waals surface area contributed by atoms with E-state index in [1.165, 1.54) is 11.1 Å². The number of benzene rings is 1. The molecule has 3 aliphatic rings. The molecule has 3 nitrogen and oxygen atoms in total. The lowest BCUT2D eigenvalue weighted by atomic mass is 9.55. The fraction of sp³-hybridized carbons (Fsp3) is 0.632. The molecule has 5 atom stereocenters. The predicted molar refractivity (Wildman–Crippen MR) is 84.0 cm³/mol. The molecule has 0 aliphatic heterocycles. The molecule has 2 fully saturated rings. The highest BCUT2D eigenvalue weighted by molar-refractivity contribution is 5.86. The summed E-state index contributed by atoms with van der Waals surface area (Å²) in [5.74, 6) is 2.44. The quantitative estimate of drug-likeness (QED) is 0.867. The molecule has 1 aromatic carbocycles. The van der Waals surface area contributed by atoms with E-state index in [-0.39, 0.29) is 11.2 Å². The minimum absolute atomic E-state index is 0.0636. The number of hydrogen-bond acceptors (Lipinski definition) is 3. The van der Waals surface area contributed by atoms with Crippen molar-refractivity contribution in [1.29, 1.82) is 0 Å². The summed E-state index contributed by atoms with van der Waals surface area (Å²) in [6.07, 6.45) is 4.06. The molecule has 0 aromatic heterocycles. The molecule has 0 spiro atoms. The minimum atomic E-state index is -0.740. The maximum Gasteiger partial charge on any atom is 0.162 e. The van der Waals surface area contributed by atoms with Crippen LogP contribution in [0.2, 0.25) is 0 Å². The number of ether oxygens (including phenoxy) is 1. The zero-order valence-corrected chi connectivity index (χ0v) is 13.3. The van der Waals surface area contributed by atoms with Crippen LogP contribution in [0.5, 0.6) is 5.75 Å². The van der Waals surface area contributed by atoms with Gasteiger partial charge in [-0.3, -0.25) is 4.79 Å². The zero-order chi connectivity index (χ0) is 15.5. The Morgan fingerprint density at radius 1 is 1.32 bits per heavy atom. The second-order valence-electron chi connectivity index (χ2n) is 7.60. The summed E-state index contributed by atoms with van der Waals surface area (Å²) in [5, 5.41) is 10.3.